The van der Waals surface area contributed by atoms with E-state index in [0.29, 0.717) is 68.1 Å². The molecule has 6 aliphatic rings. The summed E-state index contributed by atoms with van der Waals surface area (Å²) in [6.45, 7) is 7.56. The highest BCUT2D eigenvalue weighted by molar-refractivity contribution is 6.21. The van der Waals surface area contributed by atoms with Crippen LogP contribution in [0.25, 0.3) is 10.9 Å². The summed E-state index contributed by atoms with van der Waals surface area (Å²) >= 11 is 6.65. The Labute approximate surface area is 355 Å². The van der Waals surface area contributed by atoms with E-state index in [9.17, 15) is 14.7 Å². The monoisotopic (exact) mass is 846 g/mol. The highest BCUT2D eigenvalue weighted by Crippen LogP contribution is 2.68. The minimum atomic E-state index is -2.33. The Hall–Kier alpha value is -4.17. The van der Waals surface area contributed by atoms with Crippen LogP contribution in [0.15, 0.2) is 48.6 Å². The molecule has 60 heavy (non-hydrogen) atoms. The Kier molecular flexibility index (Phi) is 9.74. The van der Waals surface area contributed by atoms with Crippen LogP contribution in [-0.2, 0) is 45.8 Å². The number of aliphatic hydroxyl groups is 1. The first-order valence-electron chi connectivity index (χ1n) is 21.2. The number of nitrogens with one attached hydrogen (secondary N) is 1. The summed E-state index contributed by atoms with van der Waals surface area (Å²) in [5.41, 5.74) is -2.97. The SMILES string of the molecule is CC[C@]12C=CCN3CC[C@@]4(c5cc([C@@]6(C(=O)OC)CC7CN(CCc8c6[nH]c6ccccc86)CC(F)(C(C)Cl)C7)c(OC)cc5N(C)[C@H]4C(O)(C(=O)OC)[C@@H]1OC(C)=O)[C@@H]32. The van der Waals surface area contributed by atoms with Crippen molar-refractivity contribution in [2.45, 2.75) is 98.5 Å². The number of anilines is 1. The summed E-state index contributed by atoms with van der Waals surface area (Å²) in [7, 11) is 6.03. The molecule has 2 saturated heterocycles. The molecule has 9 rings (SSSR count). The largest absolute Gasteiger partial charge is 0.496 e. The topological polar surface area (TPSA) is 134 Å². The van der Waals surface area contributed by atoms with Crippen LogP contribution in [0.2, 0.25) is 0 Å². The Balaban J connectivity index is 1.36. The van der Waals surface area contributed by atoms with Crippen molar-refractivity contribution in [2.75, 3.05) is 66.0 Å². The smallest absolute Gasteiger partial charge is 0.344 e. The number of methoxy groups -OCH3 is 3. The van der Waals surface area contributed by atoms with Crippen molar-refractivity contribution in [1.29, 1.82) is 0 Å². The van der Waals surface area contributed by atoms with Crippen LogP contribution in [0.3, 0.4) is 0 Å². The molecule has 2 bridgehead atoms. The zero-order valence-corrected chi connectivity index (χ0v) is 36.2. The van der Waals surface area contributed by atoms with Gasteiger partial charge in [-0.05, 0) is 74.8 Å². The Morgan fingerprint density at radius 3 is 2.48 bits per heavy atom. The summed E-state index contributed by atoms with van der Waals surface area (Å²) in [5.74, 6) is -1.96. The molecule has 11 atom stereocenters. The molecule has 1 spiro atoms. The molecule has 14 heteroatoms. The van der Waals surface area contributed by atoms with Gasteiger partial charge in [0.25, 0.3) is 0 Å². The molecule has 1 saturated carbocycles. The van der Waals surface area contributed by atoms with Gasteiger partial charge >= 0.3 is 17.9 Å². The van der Waals surface area contributed by atoms with Crippen molar-refractivity contribution in [3.63, 3.8) is 0 Å². The maximum absolute atomic E-state index is 17.0. The zero-order valence-electron chi connectivity index (χ0n) is 35.5. The number of hydrogen-bond donors (Lipinski definition) is 2. The van der Waals surface area contributed by atoms with Crippen LogP contribution in [0.5, 0.6) is 5.75 Å². The number of aromatic amines is 1. The van der Waals surface area contributed by atoms with Crippen LogP contribution in [0.1, 0.15) is 68.8 Å². The van der Waals surface area contributed by atoms with Gasteiger partial charge < -0.3 is 33.9 Å². The summed E-state index contributed by atoms with van der Waals surface area (Å²) in [6, 6.07) is 10.6. The summed E-state index contributed by atoms with van der Waals surface area (Å²) < 4.78 is 40.9. The van der Waals surface area contributed by atoms with Crippen molar-refractivity contribution in [1.82, 2.24) is 14.8 Å². The minimum absolute atomic E-state index is 0.149. The predicted molar refractivity (Wildman–Crippen MR) is 224 cm³/mol. The number of halogens is 2. The van der Waals surface area contributed by atoms with Gasteiger partial charge in [0.15, 0.2) is 6.10 Å². The lowest BCUT2D eigenvalue weighted by Crippen LogP contribution is -2.81. The van der Waals surface area contributed by atoms with Crippen LogP contribution in [0.4, 0.5) is 10.1 Å². The molecule has 6 heterocycles. The number of likely N-dealkylation sites (N-methyl/N-ethyl adjacent to an activating group) is 1. The lowest BCUT2D eigenvalue weighted by Gasteiger charge is -2.63. The van der Waals surface area contributed by atoms with E-state index in [1.54, 1.807) is 14.0 Å². The van der Waals surface area contributed by atoms with Gasteiger partial charge in [0, 0.05) is 90.9 Å². The lowest BCUT2D eigenvalue weighted by molar-refractivity contribution is -0.228. The summed E-state index contributed by atoms with van der Waals surface area (Å²) in [4.78, 5) is 52.9. The highest BCUT2D eigenvalue weighted by atomic mass is 35.5. The van der Waals surface area contributed by atoms with E-state index in [2.05, 4.69) is 14.8 Å². The lowest BCUT2D eigenvalue weighted by atomic mass is 9.47. The Bertz CT molecular complexity index is 2300. The molecule has 0 amide bonds. The maximum atomic E-state index is 17.0. The normalized spacial score (nSPS) is 37.1. The van der Waals surface area contributed by atoms with Gasteiger partial charge in [-0.3, -0.25) is 19.4 Å². The molecular formula is C46H56ClFN4O8. The fraction of sp³-hybridized carbons (Fsp3) is 0.587. The van der Waals surface area contributed by atoms with E-state index in [-0.39, 0.29) is 31.3 Å². The fourth-order valence-corrected chi connectivity index (χ4v) is 13.6. The number of fused-ring (bicyclic) bond motifs is 6. The molecule has 3 fully saturated rings. The third-order valence-electron chi connectivity index (χ3n) is 15.6. The van der Waals surface area contributed by atoms with Crippen molar-refractivity contribution >= 4 is 46.1 Å². The average molecular weight is 847 g/mol. The third kappa shape index (κ3) is 5.27. The molecule has 5 aliphatic heterocycles. The van der Waals surface area contributed by atoms with E-state index in [4.69, 9.17) is 30.5 Å². The minimum Gasteiger partial charge on any atom is -0.496 e. The maximum Gasteiger partial charge on any atom is 0.344 e. The first-order chi connectivity index (χ1) is 28.6. The number of benzene rings is 2. The molecule has 1 aliphatic carbocycles. The molecule has 1 aromatic heterocycles. The van der Waals surface area contributed by atoms with Gasteiger partial charge in [-0.15, -0.1) is 11.6 Å². The number of carbonyl (C=O) groups is 3. The quantitative estimate of drug-likeness (QED) is 0.141. The van der Waals surface area contributed by atoms with Gasteiger partial charge in [-0.1, -0.05) is 37.3 Å². The van der Waals surface area contributed by atoms with Crippen LogP contribution in [-0.4, -0.2) is 134 Å². The zero-order chi connectivity index (χ0) is 42.7. The van der Waals surface area contributed by atoms with Crippen LogP contribution < -0.4 is 9.64 Å². The fourth-order valence-electron chi connectivity index (χ4n) is 13.4. The van der Waals surface area contributed by atoms with Crippen molar-refractivity contribution < 1.29 is 42.8 Å². The molecule has 322 valence electrons. The molecule has 12 nitrogen and oxygen atoms in total. The van der Waals surface area contributed by atoms with Crippen LogP contribution >= 0.6 is 11.6 Å². The summed E-state index contributed by atoms with van der Waals surface area (Å²) in [5, 5.41) is 13.5. The molecule has 2 N–H and O–H groups in total. The van der Waals surface area contributed by atoms with Crippen molar-refractivity contribution in [3.8, 4) is 5.75 Å². The van der Waals surface area contributed by atoms with Gasteiger partial charge in [-0.25, -0.2) is 9.18 Å². The number of hydrogen-bond acceptors (Lipinski definition) is 11. The number of piperidine rings is 1. The number of ether oxygens (including phenoxy) is 4. The van der Waals surface area contributed by atoms with E-state index in [0.717, 1.165) is 22.0 Å². The molecule has 3 aromatic rings. The first kappa shape index (κ1) is 41.2. The second-order valence-electron chi connectivity index (χ2n) is 18.3. The van der Waals surface area contributed by atoms with Crippen molar-refractivity contribution in [2.24, 2.45) is 11.3 Å². The van der Waals surface area contributed by atoms with Gasteiger partial charge in [-0.2, -0.15) is 0 Å². The Morgan fingerprint density at radius 1 is 1.05 bits per heavy atom. The predicted octanol–water partition coefficient (Wildman–Crippen LogP) is 5.19. The number of para-hydroxylation sites is 1. The van der Waals surface area contributed by atoms with E-state index in [1.807, 2.05) is 67.4 Å². The first-order valence-corrected chi connectivity index (χ1v) is 21.6. The Morgan fingerprint density at radius 2 is 1.80 bits per heavy atom. The van der Waals surface area contributed by atoms with E-state index >= 15 is 9.18 Å². The molecule has 2 aromatic carbocycles. The highest BCUT2D eigenvalue weighted by Gasteiger charge is 2.80. The number of carbonyl (C=O) groups excluding carboxylic acids is 3. The van der Waals surface area contributed by atoms with Crippen LogP contribution in [0, 0.1) is 11.3 Å². The second-order valence-corrected chi connectivity index (χ2v) is 18.9. The van der Waals surface area contributed by atoms with E-state index in [1.165, 1.54) is 21.1 Å². The van der Waals surface area contributed by atoms with Gasteiger partial charge in [0.05, 0.1) is 32.7 Å². The summed E-state index contributed by atoms with van der Waals surface area (Å²) in [6.07, 6.45) is 4.62. The number of rotatable bonds is 7. The van der Waals surface area contributed by atoms with Crippen molar-refractivity contribution in [3.05, 3.63) is 70.9 Å². The average Bonchev–Trinajstić information content (AvgIpc) is 3.89. The van der Waals surface area contributed by atoms with Gasteiger partial charge in [0.1, 0.15) is 16.8 Å². The van der Waals surface area contributed by atoms with E-state index < -0.39 is 62.9 Å². The number of alkyl halides is 2. The molecular weight excluding hydrogens is 791 g/mol. The third-order valence-corrected chi connectivity index (χ3v) is 16.0. The standard InChI is InChI=1S/C46H56ClFN4O8/c1-8-42-15-11-17-52-19-16-44(37(42)52)31-20-32(35(57-5)21-34(31)50(4)38(44)46(56,41(55)59-7)39(42)60-27(3)53)45(40(54)58-6)23-28-22-43(48,26(2)47)25-51(24-28)18-14-30-29-12-9-10-13-33(29)49-36(30)45/h9-13,15,20-21,26,28,37-39,49,56H,8,14,16-19,22-25H2,1-7H3/t26?,28?,37-,38+,39+,42+,43?,44+,45-,46?/m0/s1. The number of nitrogens with zero attached hydrogens (tertiary/aromatic N) is 3. The number of H-pyrrole nitrogens is 1. The number of aromatic nitrogens is 1. The molecule has 5 unspecified atom stereocenters. The number of esters is 3. The molecule has 0 radical (unpaired) electrons. The van der Waals surface area contributed by atoms with Gasteiger partial charge in [0.2, 0.25) is 5.60 Å². The second kappa shape index (κ2) is 14.2.